The first-order valence-electron chi connectivity index (χ1n) is 14.5. The van der Waals surface area contributed by atoms with Gasteiger partial charge in [0.05, 0.1) is 11.0 Å². The molecule has 198 valence electrons. The molecule has 41 heavy (non-hydrogen) atoms. The molecule has 0 aliphatic heterocycles. The number of para-hydroxylation sites is 2. The molecule has 1 aliphatic rings. The molecule has 6 aromatic carbocycles. The van der Waals surface area contributed by atoms with E-state index in [1.807, 2.05) is 0 Å². The van der Waals surface area contributed by atoms with Crippen LogP contribution in [0.5, 0.6) is 0 Å². The Morgan fingerprint density at radius 1 is 0.512 bits per heavy atom. The molecule has 0 N–H and O–H groups in total. The standard InChI is InChI=1S/C25H19N.C15H14/c1-18-10-12-19(13-11-18)20-14-16-21(17-15-20)26-24-8-4-2-6-22(24)23-7-3-5-9-25(23)26;1-11-10-12-6-2-3-8-14(12)15-9-5-4-7-13(11)15/h2-17H,1H3;2-9,11H,10H2,1H3. The number of benzene rings is 6. The molecular weight excluding hydrogens is 494 g/mol. The van der Waals surface area contributed by atoms with Crippen molar-refractivity contribution in [1.29, 1.82) is 0 Å². The summed E-state index contributed by atoms with van der Waals surface area (Å²) in [5.74, 6) is 0.649. The lowest BCUT2D eigenvalue weighted by Gasteiger charge is -2.24. The van der Waals surface area contributed by atoms with Gasteiger partial charge in [0, 0.05) is 16.5 Å². The minimum Gasteiger partial charge on any atom is -0.309 e. The smallest absolute Gasteiger partial charge is 0.0541 e. The number of aromatic nitrogens is 1. The fraction of sp³-hybridized carbons (Fsp3) is 0.100. The van der Waals surface area contributed by atoms with E-state index in [1.54, 1.807) is 0 Å². The first-order chi connectivity index (χ1) is 20.2. The van der Waals surface area contributed by atoms with Crippen LogP contribution in [-0.2, 0) is 6.42 Å². The van der Waals surface area contributed by atoms with Gasteiger partial charge < -0.3 is 4.57 Å². The first-order valence-corrected chi connectivity index (χ1v) is 14.5. The predicted octanol–water partition coefficient (Wildman–Crippen LogP) is 10.8. The van der Waals surface area contributed by atoms with Gasteiger partial charge in [-0.15, -0.1) is 0 Å². The third kappa shape index (κ3) is 4.64. The van der Waals surface area contributed by atoms with E-state index < -0.39 is 0 Å². The van der Waals surface area contributed by atoms with Crippen molar-refractivity contribution in [3.63, 3.8) is 0 Å². The van der Waals surface area contributed by atoms with Crippen LogP contribution in [0.25, 0.3) is 49.7 Å². The fourth-order valence-corrected chi connectivity index (χ4v) is 6.32. The molecule has 1 unspecified atom stereocenters. The Labute approximate surface area is 242 Å². The Kier molecular flexibility index (Phi) is 6.49. The monoisotopic (exact) mass is 527 g/mol. The van der Waals surface area contributed by atoms with Crippen molar-refractivity contribution in [1.82, 2.24) is 4.57 Å². The number of aryl methyl sites for hydroxylation is 1. The Morgan fingerprint density at radius 3 is 1.68 bits per heavy atom. The van der Waals surface area contributed by atoms with Crippen LogP contribution in [0.15, 0.2) is 146 Å². The molecular formula is C40H33N. The molecule has 0 saturated heterocycles. The zero-order valence-electron chi connectivity index (χ0n) is 23.6. The van der Waals surface area contributed by atoms with Crippen LogP contribution in [-0.4, -0.2) is 4.57 Å². The van der Waals surface area contributed by atoms with E-state index in [9.17, 15) is 0 Å². The highest BCUT2D eigenvalue weighted by Crippen LogP contribution is 2.39. The predicted molar refractivity (Wildman–Crippen MR) is 175 cm³/mol. The maximum absolute atomic E-state index is 2.35. The molecule has 0 amide bonds. The molecule has 0 bridgehead atoms. The van der Waals surface area contributed by atoms with Crippen LogP contribution in [0.1, 0.15) is 29.5 Å². The van der Waals surface area contributed by atoms with Crippen LogP contribution in [0.4, 0.5) is 0 Å². The van der Waals surface area contributed by atoms with Gasteiger partial charge in [0.15, 0.2) is 0 Å². The molecule has 1 aliphatic carbocycles. The maximum atomic E-state index is 2.35. The quantitative estimate of drug-likeness (QED) is 0.211. The summed E-state index contributed by atoms with van der Waals surface area (Å²) in [6.07, 6.45) is 1.17. The van der Waals surface area contributed by atoms with Crippen molar-refractivity contribution in [3.8, 4) is 27.9 Å². The van der Waals surface area contributed by atoms with E-state index in [-0.39, 0.29) is 0 Å². The Balaban J connectivity index is 0.000000156. The van der Waals surface area contributed by atoms with Crippen LogP contribution in [0, 0.1) is 6.92 Å². The average Bonchev–Trinajstić information content (AvgIpc) is 3.37. The van der Waals surface area contributed by atoms with E-state index in [4.69, 9.17) is 0 Å². The molecule has 1 nitrogen and oxygen atoms in total. The lowest BCUT2D eigenvalue weighted by Crippen LogP contribution is -2.07. The summed E-state index contributed by atoms with van der Waals surface area (Å²) in [6.45, 7) is 4.43. The zero-order valence-corrected chi connectivity index (χ0v) is 23.6. The molecule has 0 fully saturated rings. The summed E-state index contributed by atoms with van der Waals surface area (Å²) in [6, 6.07) is 52.3. The molecule has 1 atom stereocenters. The SMILES string of the molecule is CC1Cc2ccccc2-c2ccccc21.Cc1ccc(-c2ccc(-n3c4ccccc4c4ccccc43)cc2)cc1. The third-order valence-electron chi connectivity index (χ3n) is 8.42. The number of hydrogen-bond acceptors (Lipinski definition) is 0. The van der Waals surface area contributed by atoms with Crippen molar-refractivity contribution >= 4 is 21.8 Å². The van der Waals surface area contributed by atoms with Crippen molar-refractivity contribution in [3.05, 3.63) is 162 Å². The summed E-state index contributed by atoms with van der Waals surface area (Å²) >= 11 is 0. The van der Waals surface area contributed by atoms with Crippen LogP contribution in [0.2, 0.25) is 0 Å². The molecule has 1 aromatic heterocycles. The summed E-state index contributed by atoms with van der Waals surface area (Å²) in [5, 5.41) is 2.59. The van der Waals surface area contributed by atoms with Crippen molar-refractivity contribution in [2.24, 2.45) is 0 Å². The van der Waals surface area contributed by atoms with E-state index in [0.29, 0.717) is 5.92 Å². The Bertz CT molecular complexity index is 1920. The maximum Gasteiger partial charge on any atom is 0.0541 e. The van der Waals surface area contributed by atoms with Gasteiger partial charge in [-0.1, -0.05) is 134 Å². The lowest BCUT2D eigenvalue weighted by molar-refractivity contribution is 0.749. The van der Waals surface area contributed by atoms with Gasteiger partial charge in [-0.05, 0) is 76.9 Å². The average molecular weight is 528 g/mol. The fourth-order valence-electron chi connectivity index (χ4n) is 6.32. The van der Waals surface area contributed by atoms with E-state index in [1.165, 1.54) is 72.9 Å². The summed E-state index contributed by atoms with van der Waals surface area (Å²) in [7, 11) is 0. The minimum atomic E-state index is 0.649. The highest BCUT2D eigenvalue weighted by molar-refractivity contribution is 6.09. The van der Waals surface area contributed by atoms with Crippen molar-refractivity contribution in [2.75, 3.05) is 0 Å². The Morgan fingerprint density at radius 2 is 1.02 bits per heavy atom. The topological polar surface area (TPSA) is 4.93 Å². The normalized spacial score (nSPS) is 13.8. The van der Waals surface area contributed by atoms with Crippen molar-refractivity contribution < 1.29 is 0 Å². The molecule has 7 aromatic rings. The van der Waals surface area contributed by atoms with Gasteiger partial charge >= 0.3 is 0 Å². The van der Waals surface area contributed by atoms with E-state index in [0.717, 1.165) is 0 Å². The summed E-state index contributed by atoms with van der Waals surface area (Å²) in [4.78, 5) is 0. The number of nitrogens with zero attached hydrogens (tertiary/aromatic N) is 1. The van der Waals surface area contributed by atoms with Crippen LogP contribution < -0.4 is 0 Å². The second-order valence-corrected chi connectivity index (χ2v) is 11.1. The molecule has 0 spiro atoms. The largest absolute Gasteiger partial charge is 0.309 e. The number of rotatable bonds is 2. The summed E-state index contributed by atoms with van der Waals surface area (Å²) < 4.78 is 2.35. The van der Waals surface area contributed by atoms with Gasteiger partial charge in [0.2, 0.25) is 0 Å². The molecule has 0 radical (unpaired) electrons. The van der Waals surface area contributed by atoms with E-state index in [2.05, 4.69) is 164 Å². The Hall–Kier alpha value is -4.88. The number of fused-ring (bicyclic) bond motifs is 6. The van der Waals surface area contributed by atoms with Gasteiger partial charge in [0.1, 0.15) is 0 Å². The molecule has 0 saturated carbocycles. The van der Waals surface area contributed by atoms with Gasteiger partial charge in [-0.2, -0.15) is 0 Å². The van der Waals surface area contributed by atoms with Crippen LogP contribution >= 0.6 is 0 Å². The van der Waals surface area contributed by atoms with Gasteiger partial charge in [0.25, 0.3) is 0 Å². The van der Waals surface area contributed by atoms with Crippen LogP contribution in [0.3, 0.4) is 0 Å². The minimum absolute atomic E-state index is 0.649. The third-order valence-corrected chi connectivity index (χ3v) is 8.42. The summed E-state index contributed by atoms with van der Waals surface area (Å²) in [5.41, 5.74) is 13.3. The highest BCUT2D eigenvalue weighted by Gasteiger charge is 2.20. The lowest BCUT2D eigenvalue weighted by atomic mass is 9.80. The first kappa shape index (κ1) is 25.1. The molecule has 8 rings (SSSR count). The van der Waals surface area contributed by atoms with Crippen molar-refractivity contribution in [2.45, 2.75) is 26.2 Å². The number of hydrogen-bond donors (Lipinski definition) is 0. The molecule has 1 heterocycles. The highest BCUT2D eigenvalue weighted by atomic mass is 15.0. The second kappa shape index (κ2) is 10.6. The zero-order chi connectivity index (χ0) is 27.8. The van der Waals surface area contributed by atoms with E-state index >= 15 is 0 Å². The molecule has 1 heteroatoms. The van der Waals surface area contributed by atoms with Gasteiger partial charge in [-0.25, -0.2) is 0 Å². The second-order valence-electron chi connectivity index (χ2n) is 11.1. The van der Waals surface area contributed by atoms with Gasteiger partial charge in [-0.3, -0.25) is 0 Å².